The van der Waals surface area contributed by atoms with Crippen LogP contribution in [0.25, 0.3) is 0 Å². The van der Waals surface area contributed by atoms with E-state index in [2.05, 4.69) is 10.4 Å². The number of nitrogens with one attached hydrogen (secondary N) is 1. The van der Waals surface area contributed by atoms with Gasteiger partial charge in [-0.25, -0.2) is 13.4 Å². The number of nitrogens with two attached hydrogens (primary N) is 1. The van der Waals surface area contributed by atoms with Crippen molar-refractivity contribution in [3.63, 3.8) is 0 Å². The summed E-state index contributed by atoms with van der Waals surface area (Å²) in [6.45, 7) is 0. The molecule has 1 aromatic rings. The van der Waals surface area contributed by atoms with Crippen molar-refractivity contribution < 1.29 is 21.6 Å². The molecule has 1 rings (SSSR count). The molecule has 0 aliphatic heterocycles. The van der Waals surface area contributed by atoms with Crippen LogP contribution in [-0.4, -0.2) is 25.4 Å². The number of aromatic nitrogens is 1. The quantitative estimate of drug-likeness (QED) is 0.630. The summed E-state index contributed by atoms with van der Waals surface area (Å²) in [5.41, 5.74) is 2.16. The van der Waals surface area contributed by atoms with E-state index in [4.69, 9.17) is 5.84 Å². The van der Waals surface area contributed by atoms with Gasteiger partial charge in [-0.3, -0.25) is 11.3 Å². The summed E-state index contributed by atoms with van der Waals surface area (Å²) >= 11 is 0.370. The Bertz CT molecular complexity index is 483. The zero-order valence-electron chi connectivity index (χ0n) is 8.65. The van der Waals surface area contributed by atoms with Gasteiger partial charge in [-0.05, 0) is 0 Å². The van der Waals surface area contributed by atoms with Gasteiger partial charge >= 0.3 is 6.18 Å². The van der Waals surface area contributed by atoms with Gasteiger partial charge < -0.3 is 0 Å². The highest BCUT2D eigenvalue weighted by molar-refractivity contribution is 7.90. The van der Waals surface area contributed by atoms with Gasteiger partial charge in [0.25, 0.3) is 0 Å². The Morgan fingerprint density at radius 2 is 2.18 bits per heavy atom. The molecule has 3 N–H and O–H groups in total. The monoisotopic (exact) mass is 289 g/mol. The molecule has 10 heteroatoms. The molecule has 98 valence electrons. The topological polar surface area (TPSA) is 85.1 Å². The Labute approximate surface area is 99.7 Å². The summed E-state index contributed by atoms with van der Waals surface area (Å²) in [6.07, 6.45) is -2.58. The minimum absolute atomic E-state index is 0.130. The second-order valence-corrected chi connectivity index (χ2v) is 6.62. The lowest BCUT2D eigenvalue weighted by Gasteiger charge is -2.11. The average molecular weight is 289 g/mol. The lowest BCUT2D eigenvalue weighted by Crippen LogP contribution is -2.32. The maximum absolute atomic E-state index is 12.3. The predicted molar refractivity (Wildman–Crippen MR) is 56.9 cm³/mol. The number of alkyl halides is 3. The molecule has 0 saturated heterocycles. The third-order valence-electron chi connectivity index (χ3n) is 1.78. The van der Waals surface area contributed by atoms with Crippen molar-refractivity contribution in [3.8, 4) is 0 Å². The van der Waals surface area contributed by atoms with Gasteiger partial charge in [0, 0.05) is 17.3 Å². The van der Waals surface area contributed by atoms with Crippen LogP contribution in [-0.2, 0) is 16.0 Å². The molecule has 0 radical (unpaired) electrons. The van der Waals surface area contributed by atoms with Crippen LogP contribution in [0, 0.1) is 0 Å². The van der Waals surface area contributed by atoms with Crippen LogP contribution in [0.1, 0.15) is 15.9 Å². The molecule has 0 aliphatic rings. The van der Waals surface area contributed by atoms with Gasteiger partial charge in [0.15, 0.2) is 5.01 Å². The molecule has 0 fully saturated rings. The highest BCUT2D eigenvalue weighted by Gasteiger charge is 2.35. The highest BCUT2D eigenvalue weighted by atomic mass is 32.2. The lowest BCUT2D eigenvalue weighted by molar-refractivity contribution is -0.137. The van der Waals surface area contributed by atoms with E-state index in [-0.39, 0.29) is 10.6 Å². The van der Waals surface area contributed by atoms with Crippen LogP contribution in [0.2, 0.25) is 0 Å². The van der Waals surface area contributed by atoms with Crippen molar-refractivity contribution >= 4 is 21.2 Å². The third-order valence-corrected chi connectivity index (χ3v) is 3.87. The van der Waals surface area contributed by atoms with E-state index in [0.717, 1.165) is 12.5 Å². The summed E-state index contributed by atoms with van der Waals surface area (Å²) in [6, 6.07) is -0.890. The summed E-state index contributed by atoms with van der Waals surface area (Å²) in [4.78, 5) is 3.32. The zero-order chi connectivity index (χ0) is 13.3. The molecule has 0 bridgehead atoms. The molecule has 5 nitrogen and oxygen atoms in total. The molecule has 0 spiro atoms. The fraction of sp³-hybridized carbons (Fsp3) is 0.571. The standard InChI is InChI=1S/C7H10F3N3O2S2/c1-17(14,15)3-4(13-11)5-2-12-6(16-5)7(8,9)10/h2,4,13H,3,11H2,1H3. The minimum atomic E-state index is -4.53. The smallest absolute Gasteiger partial charge is 0.271 e. The number of hydrazine groups is 1. The van der Waals surface area contributed by atoms with E-state index in [1.807, 2.05) is 0 Å². The number of hydrogen-bond acceptors (Lipinski definition) is 6. The SMILES string of the molecule is CS(=O)(=O)CC(NN)c1cnc(C(F)(F)F)s1. The number of thiazole rings is 1. The normalized spacial score (nSPS) is 14.9. The summed E-state index contributed by atoms with van der Waals surface area (Å²) in [5.74, 6) is 4.73. The van der Waals surface area contributed by atoms with E-state index in [9.17, 15) is 21.6 Å². The Hall–Kier alpha value is -0.710. The largest absolute Gasteiger partial charge is 0.443 e. The minimum Gasteiger partial charge on any atom is -0.271 e. The first-order valence-electron chi connectivity index (χ1n) is 4.30. The van der Waals surface area contributed by atoms with E-state index >= 15 is 0 Å². The predicted octanol–water partition coefficient (Wildman–Crippen LogP) is 0.711. The summed E-state index contributed by atoms with van der Waals surface area (Å²) in [7, 11) is -3.35. The number of hydrogen-bond donors (Lipinski definition) is 2. The molecule has 1 aromatic heterocycles. The molecule has 17 heavy (non-hydrogen) atoms. The van der Waals surface area contributed by atoms with Crippen LogP contribution >= 0.6 is 11.3 Å². The van der Waals surface area contributed by atoms with Crippen molar-refractivity contribution in [2.75, 3.05) is 12.0 Å². The molecule has 1 unspecified atom stereocenters. The fourth-order valence-corrected chi connectivity index (χ4v) is 2.92. The summed E-state index contributed by atoms with van der Waals surface area (Å²) in [5, 5.41) is -1.03. The van der Waals surface area contributed by atoms with Crippen molar-refractivity contribution in [3.05, 3.63) is 16.1 Å². The number of halogens is 3. The summed E-state index contributed by atoms with van der Waals surface area (Å²) < 4.78 is 58.9. The first-order valence-corrected chi connectivity index (χ1v) is 7.18. The molecular weight excluding hydrogens is 279 g/mol. The molecule has 1 heterocycles. The zero-order valence-corrected chi connectivity index (χ0v) is 10.3. The van der Waals surface area contributed by atoms with E-state index in [1.54, 1.807) is 0 Å². The van der Waals surface area contributed by atoms with Gasteiger partial charge in [0.1, 0.15) is 9.84 Å². The fourth-order valence-electron chi connectivity index (χ4n) is 1.09. The van der Waals surface area contributed by atoms with Gasteiger partial charge in [0.05, 0.1) is 11.8 Å². The Morgan fingerprint density at radius 1 is 1.59 bits per heavy atom. The van der Waals surface area contributed by atoms with Gasteiger partial charge in [-0.15, -0.1) is 11.3 Å². The van der Waals surface area contributed by atoms with E-state index in [0.29, 0.717) is 11.3 Å². The van der Waals surface area contributed by atoms with E-state index in [1.165, 1.54) is 0 Å². The first-order chi connectivity index (χ1) is 7.63. The Kier molecular flexibility index (Phi) is 4.12. The van der Waals surface area contributed by atoms with Gasteiger partial charge in [-0.1, -0.05) is 0 Å². The molecule has 1 atom stereocenters. The van der Waals surface area contributed by atoms with Crippen molar-refractivity contribution in [2.45, 2.75) is 12.2 Å². The van der Waals surface area contributed by atoms with Crippen LogP contribution in [0.15, 0.2) is 6.20 Å². The molecule has 0 aliphatic carbocycles. The van der Waals surface area contributed by atoms with Crippen LogP contribution in [0.5, 0.6) is 0 Å². The molecule has 0 amide bonds. The van der Waals surface area contributed by atoms with Crippen LogP contribution < -0.4 is 11.3 Å². The second-order valence-electron chi connectivity index (χ2n) is 3.38. The van der Waals surface area contributed by atoms with Crippen molar-refractivity contribution in [1.29, 1.82) is 0 Å². The lowest BCUT2D eigenvalue weighted by atomic mass is 10.3. The average Bonchev–Trinajstić information content (AvgIpc) is 2.60. The maximum Gasteiger partial charge on any atom is 0.443 e. The van der Waals surface area contributed by atoms with Crippen LogP contribution in [0.4, 0.5) is 13.2 Å². The van der Waals surface area contributed by atoms with Gasteiger partial charge in [0.2, 0.25) is 0 Å². The number of sulfone groups is 1. The molecular formula is C7H10F3N3O2S2. The van der Waals surface area contributed by atoms with Crippen molar-refractivity contribution in [1.82, 2.24) is 10.4 Å². The third kappa shape index (κ3) is 4.22. The Morgan fingerprint density at radius 3 is 2.53 bits per heavy atom. The van der Waals surface area contributed by atoms with E-state index < -0.39 is 27.1 Å². The highest BCUT2D eigenvalue weighted by Crippen LogP contribution is 2.34. The maximum atomic E-state index is 12.3. The first kappa shape index (κ1) is 14.4. The van der Waals surface area contributed by atoms with Gasteiger partial charge in [-0.2, -0.15) is 13.2 Å². The van der Waals surface area contributed by atoms with Crippen LogP contribution in [0.3, 0.4) is 0 Å². The number of nitrogens with zero attached hydrogens (tertiary/aromatic N) is 1. The molecule has 0 aromatic carbocycles. The number of rotatable bonds is 4. The van der Waals surface area contributed by atoms with Crippen molar-refractivity contribution in [2.24, 2.45) is 5.84 Å². The molecule has 0 saturated carbocycles. The Balaban J connectivity index is 2.95. The second kappa shape index (κ2) is 4.88.